The monoisotopic (exact) mass is 284 g/mol. The molecule has 1 aromatic heterocycles. The van der Waals surface area contributed by atoms with Crippen LogP contribution in [0.4, 0.5) is 5.82 Å². The van der Waals surface area contributed by atoms with Gasteiger partial charge in [0.25, 0.3) is 5.91 Å². The van der Waals surface area contributed by atoms with Crippen LogP contribution < -0.4 is 10.6 Å². The summed E-state index contributed by atoms with van der Waals surface area (Å²) in [5, 5.41) is 12.2. The zero-order valence-electron chi connectivity index (χ0n) is 11.4. The van der Waals surface area contributed by atoms with Crippen molar-refractivity contribution in [3.63, 3.8) is 0 Å². The maximum absolute atomic E-state index is 11.8. The minimum absolute atomic E-state index is 0.0840. The van der Waals surface area contributed by atoms with Gasteiger partial charge in [0.05, 0.1) is 6.54 Å². The summed E-state index contributed by atoms with van der Waals surface area (Å²) in [5.74, 6) is 0.483. The number of carbonyl (C=O) groups excluding carboxylic acids is 2. The van der Waals surface area contributed by atoms with Gasteiger partial charge in [0, 0.05) is 23.2 Å². The number of amides is 2. The predicted molar refractivity (Wildman–Crippen MR) is 78.0 cm³/mol. The van der Waals surface area contributed by atoms with Crippen molar-refractivity contribution in [3.8, 4) is 0 Å². The molecule has 21 heavy (non-hydrogen) atoms. The van der Waals surface area contributed by atoms with Crippen molar-refractivity contribution >= 4 is 17.6 Å². The van der Waals surface area contributed by atoms with Crippen LogP contribution in [-0.4, -0.2) is 28.6 Å². The number of H-pyrrole nitrogens is 1. The van der Waals surface area contributed by atoms with Gasteiger partial charge in [-0.25, -0.2) is 0 Å². The molecule has 0 atom stereocenters. The summed E-state index contributed by atoms with van der Waals surface area (Å²) >= 11 is 0. The molecule has 1 aliphatic rings. The van der Waals surface area contributed by atoms with Crippen molar-refractivity contribution in [2.75, 3.05) is 11.9 Å². The molecular formula is C15H16N4O2. The lowest BCUT2D eigenvalue weighted by atomic mass is 10.2. The van der Waals surface area contributed by atoms with Crippen molar-refractivity contribution < 1.29 is 9.59 Å². The van der Waals surface area contributed by atoms with Crippen LogP contribution in [0.5, 0.6) is 0 Å². The third kappa shape index (κ3) is 3.47. The lowest BCUT2D eigenvalue weighted by Gasteiger charge is -2.04. The van der Waals surface area contributed by atoms with Crippen LogP contribution in [0.3, 0.4) is 0 Å². The molecule has 2 amide bonds. The molecular weight excluding hydrogens is 268 g/mol. The number of hydrogen-bond acceptors (Lipinski definition) is 3. The van der Waals surface area contributed by atoms with E-state index in [-0.39, 0.29) is 18.4 Å². The third-order valence-corrected chi connectivity index (χ3v) is 3.33. The van der Waals surface area contributed by atoms with Crippen LogP contribution in [0.25, 0.3) is 0 Å². The zero-order valence-corrected chi connectivity index (χ0v) is 11.4. The van der Waals surface area contributed by atoms with Gasteiger partial charge < -0.3 is 10.6 Å². The van der Waals surface area contributed by atoms with Crippen molar-refractivity contribution in [2.24, 2.45) is 0 Å². The van der Waals surface area contributed by atoms with Crippen LogP contribution in [0.15, 0.2) is 36.4 Å². The van der Waals surface area contributed by atoms with Gasteiger partial charge in [0.15, 0.2) is 5.82 Å². The number of benzene rings is 1. The van der Waals surface area contributed by atoms with Gasteiger partial charge in [-0.2, -0.15) is 5.10 Å². The van der Waals surface area contributed by atoms with E-state index in [1.807, 2.05) is 12.1 Å². The van der Waals surface area contributed by atoms with E-state index >= 15 is 0 Å². The molecule has 1 aliphatic carbocycles. The maximum Gasteiger partial charge on any atom is 0.251 e. The molecule has 1 saturated carbocycles. The van der Waals surface area contributed by atoms with Crippen LogP contribution in [0.1, 0.15) is 34.8 Å². The molecule has 3 rings (SSSR count). The molecule has 2 aromatic rings. The van der Waals surface area contributed by atoms with Crippen molar-refractivity contribution in [1.82, 2.24) is 15.5 Å². The smallest absolute Gasteiger partial charge is 0.251 e. The van der Waals surface area contributed by atoms with Crippen LogP contribution in [-0.2, 0) is 4.79 Å². The summed E-state index contributed by atoms with van der Waals surface area (Å²) in [6.45, 7) is -0.0840. The molecule has 0 aliphatic heterocycles. The second-order valence-electron chi connectivity index (χ2n) is 5.08. The van der Waals surface area contributed by atoms with Gasteiger partial charge in [0.2, 0.25) is 5.91 Å². The predicted octanol–water partition coefficient (Wildman–Crippen LogP) is 1.66. The molecule has 0 radical (unpaired) electrons. The molecule has 0 saturated heterocycles. The first-order valence-electron chi connectivity index (χ1n) is 6.91. The summed E-state index contributed by atoms with van der Waals surface area (Å²) < 4.78 is 0. The molecule has 3 N–H and O–H groups in total. The van der Waals surface area contributed by atoms with E-state index in [0.29, 0.717) is 17.3 Å². The van der Waals surface area contributed by atoms with E-state index in [2.05, 4.69) is 20.8 Å². The summed E-state index contributed by atoms with van der Waals surface area (Å²) in [7, 11) is 0. The summed E-state index contributed by atoms with van der Waals surface area (Å²) in [6.07, 6.45) is 2.34. The van der Waals surface area contributed by atoms with Gasteiger partial charge in [-0.05, 0) is 25.0 Å². The van der Waals surface area contributed by atoms with E-state index in [9.17, 15) is 9.59 Å². The standard InChI is InChI=1S/C15H16N4O2/c20-14(9-16-15(21)11-4-2-1-3-5-11)17-13-8-12(18-19-13)10-6-7-10/h1-5,8,10H,6-7,9H2,(H,16,21)(H2,17,18,19,20). The number of nitrogens with zero attached hydrogens (tertiary/aromatic N) is 1. The Kier molecular flexibility index (Phi) is 3.68. The average molecular weight is 284 g/mol. The van der Waals surface area contributed by atoms with E-state index in [4.69, 9.17) is 0 Å². The van der Waals surface area contributed by atoms with E-state index in [0.717, 1.165) is 5.69 Å². The second-order valence-corrected chi connectivity index (χ2v) is 5.08. The Bertz CT molecular complexity index is 647. The van der Waals surface area contributed by atoms with Crippen LogP contribution in [0, 0.1) is 0 Å². The van der Waals surface area contributed by atoms with Gasteiger partial charge in [-0.1, -0.05) is 18.2 Å². The minimum atomic E-state index is -0.298. The number of nitrogens with one attached hydrogen (secondary N) is 3. The topological polar surface area (TPSA) is 86.9 Å². The lowest BCUT2D eigenvalue weighted by molar-refractivity contribution is -0.115. The first-order chi connectivity index (χ1) is 10.2. The molecule has 1 fully saturated rings. The van der Waals surface area contributed by atoms with E-state index < -0.39 is 0 Å². The highest BCUT2D eigenvalue weighted by Crippen LogP contribution is 2.39. The highest BCUT2D eigenvalue weighted by atomic mass is 16.2. The molecule has 108 valence electrons. The average Bonchev–Trinajstić information content (AvgIpc) is 3.26. The maximum atomic E-state index is 11.8. The zero-order chi connectivity index (χ0) is 14.7. The van der Waals surface area contributed by atoms with Crippen LogP contribution in [0.2, 0.25) is 0 Å². The van der Waals surface area contributed by atoms with Crippen molar-refractivity contribution in [2.45, 2.75) is 18.8 Å². The highest BCUT2D eigenvalue weighted by Gasteiger charge is 2.25. The Balaban J connectivity index is 1.48. The molecule has 0 unspecified atom stereocenters. The first kappa shape index (κ1) is 13.4. The Morgan fingerprint density at radius 1 is 1.24 bits per heavy atom. The van der Waals surface area contributed by atoms with E-state index in [1.165, 1.54) is 12.8 Å². The number of aromatic amines is 1. The quantitative estimate of drug-likeness (QED) is 0.780. The van der Waals surface area contributed by atoms with Crippen molar-refractivity contribution in [3.05, 3.63) is 47.7 Å². The second kappa shape index (κ2) is 5.78. The Morgan fingerprint density at radius 3 is 2.71 bits per heavy atom. The Hall–Kier alpha value is -2.63. The number of carbonyl (C=O) groups is 2. The number of rotatable bonds is 5. The summed E-state index contributed by atoms with van der Waals surface area (Å²) in [5.41, 5.74) is 1.58. The van der Waals surface area contributed by atoms with Crippen molar-refractivity contribution in [1.29, 1.82) is 0 Å². The van der Waals surface area contributed by atoms with Gasteiger partial charge >= 0.3 is 0 Å². The fourth-order valence-corrected chi connectivity index (χ4v) is 2.04. The largest absolute Gasteiger partial charge is 0.343 e. The summed E-state index contributed by atoms with van der Waals surface area (Å²) in [4.78, 5) is 23.6. The molecule has 1 heterocycles. The normalized spacial score (nSPS) is 13.7. The highest BCUT2D eigenvalue weighted by molar-refractivity contribution is 5.98. The Labute approximate surface area is 121 Å². The molecule has 6 heteroatoms. The first-order valence-corrected chi connectivity index (χ1v) is 6.91. The van der Waals surface area contributed by atoms with Gasteiger partial charge in [0.1, 0.15) is 0 Å². The third-order valence-electron chi connectivity index (χ3n) is 3.33. The number of anilines is 1. The molecule has 1 aromatic carbocycles. The summed E-state index contributed by atoms with van der Waals surface area (Å²) in [6, 6.07) is 10.6. The van der Waals surface area contributed by atoms with Gasteiger partial charge in [-0.15, -0.1) is 0 Å². The minimum Gasteiger partial charge on any atom is -0.343 e. The molecule has 6 nitrogen and oxygen atoms in total. The van der Waals surface area contributed by atoms with E-state index in [1.54, 1.807) is 24.3 Å². The van der Waals surface area contributed by atoms with Gasteiger partial charge in [-0.3, -0.25) is 14.7 Å². The Morgan fingerprint density at radius 2 is 2.00 bits per heavy atom. The fourth-order valence-electron chi connectivity index (χ4n) is 2.04. The SMILES string of the molecule is O=C(CNC(=O)c1ccccc1)Nc1cc(C2CC2)[nH]n1. The fraction of sp³-hybridized carbons (Fsp3) is 0.267. The van der Waals surface area contributed by atoms with Crippen LogP contribution >= 0.6 is 0 Å². The lowest BCUT2D eigenvalue weighted by Crippen LogP contribution is -2.32. The molecule has 0 bridgehead atoms. The number of hydrogen-bond donors (Lipinski definition) is 3. The molecule has 0 spiro atoms. The number of aromatic nitrogens is 2.